The number of aryl methyl sites for hydroxylation is 1. The van der Waals surface area contributed by atoms with Crippen LogP contribution in [0.5, 0.6) is 5.75 Å². The molecule has 7 heteroatoms. The van der Waals surface area contributed by atoms with Crippen molar-refractivity contribution in [3.8, 4) is 17.2 Å². The van der Waals surface area contributed by atoms with Crippen LogP contribution in [0.2, 0.25) is 0 Å². The summed E-state index contributed by atoms with van der Waals surface area (Å²) in [6, 6.07) is 12.0. The van der Waals surface area contributed by atoms with E-state index in [4.69, 9.17) is 19.1 Å². The van der Waals surface area contributed by atoms with Crippen LogP contribution in [0.1, 0.15) is 72.5 Å². The molecule has 3 aromatic rings. The number of aromatic nitrogens is 1. The molecule has 2 aromatic carbocycles. The van der Waals surface area contributed by atoms with E-state index >= 15 is 0 Å². The summed E-state index contributed by atoms with van der Waals surface area (Å²) in [5.74, 6) is 1.49. The van der Waals surface area contributed by atoms with E-state index in [2.05, 4.69) is 30.1 Å². The standard InChI is InChI=1S/C34H38N4O3/c1-24-21-31(33-35-17-20-41-33)30-16-19-38(34(39)32(30)22-24)18-15-25(2)37-28-8-5-4-7-27(9-6-10-28)36-23-26-11-13-29(40-3)14-12-26/h7-8,11-14,17,20-23H,4-6,9-10,15-16,18-19H2,1-3H3/b27-7+,28-8+,36-23?,37-25?. The van der Waals surface area contributed by atoms with Crippen LogP contribution >= 0.6 is 0 Å². The maximum Gasteiger partial charge on any atom is 0.254 e. The number of hydrogen-bond acceptors (Lipinski definition) is 6. The first-order chi connectivity index (χ1) is 20.0. The number of aliphatic imine (C=N–C) groups is 2. The van der Waals surface area contributed by atoms with Gasteiger partial charge in [0.15, 0.2) is 0 Å². The number of oxazole rings is 1. The van der Waals surface area contributed by atoms with Gasteiger partial charge in [-0.05, 0) is 105 Å². The van der Waals surface area contributed by atoms with Gasteiger partial charge >= 0.3 is 0 Å². The molecule has 1 aliphatic carbocycles. The Kier molecular flexibility index (Phi) is 9.24. The highest BCUT2D eigenvalue weighted by Crippen LogP contribution is 2.31. The van der Waals surface area contributed by atoms with Crippen molar-refractivity contribution in [2.24, 2.45) is 9.98 Å². The lowest BCUT2D eigenvalue weighted by molar-refractivity contribution is 0.0744. The second-order valence-electron chi connectivity index (χ2n) is 10.7. The van der Waals surface area contributed by atoms with E-state index in [1.54, 1.807) is 19.6 Å². The minimum Gasteiger partial charge on any atom is -0.497 e. The number of ether oxygens (including phenoxy) is 1. The number of amides is 1. The van der Waals surface area contributed by atoms with E-state index < -0.39 is 0 Å². The highest BCUT2D eigenvalue weighted by molar-refractivity contribution is 5.99. The van der Waals surface area contributed by atoms with Gasteiger partial charge in [0.1, 0.15) is 12.0 Å². The van der Waals surface area contributed by atoms with Gasteiger partial charge < -0.3 is 14.1 Å². The fourth-order valence-electron chi connectivity index (χ4n) is 5.37. The zero-order valence-electron chi connectivity index (χ0n) is 24.2. The quantitative estimate of drug-likeness (QED) is 0.275. The van der Waals surface area contributed by atoms with Crippen LogP contribution in [-0.2, 0) is 6.42 Å². The monoisotopic (exact) mass is 550 g/mol. The third-order valence-electron chi connectivity index (χ3n) is 7.57. The average Bonchev–Trinajstić information content (AvgIpc) is 3.55. The van der Waals surface area contributed by atoms with E-state index in [1.165, 1.54) is 0 Å². The van der Waals surface area contributed by atoms with Crippen LogP contribution in [0.4, 0.5) is 0 Å². The molecule has 1 amide bonds. The fourth-order valence-corrected chi connectivity index (χ4v) is 5.37. The summed E-state index contributed by atoms with van der Waals surface area (Å²) in [6.07, 6.45) is 15.9. The molecular formula is C34H38N4O3. The Bertz CT molecular complexity index is 1480. The molecule has 0 N–H and O–H groups in total. The summed E-state index contributed by atoms with van der Waals surface area (Å²) in [7, 11) is 1.67. The van der Waals surface area contributed by atoms with Crippen LogP contribution in [0.3, 0.4) is 0 Å². The van der Waals surface area contributed by atoms with Crippen LogP contribution in [0, 0.1) is 6.92 Å². The smallest absolute Gasteiger partial charge is 0.254 e. The Hall–Kier alpha value is -4.26. The zero-order chi connectivity index (χ0) is 28.6. The topological polar surface area (TPSA) is 80.3 Å². The van der Waals surface area contributed by atoms with Crippen LogP contribution in [-0.4, -0.2) is 47.9 Å². The maximum atomic E-state index is 13.4. The van der Waals surface area contributed by atoms with Gasteiger partial charge in [-0.1, -0.05) is 12.2 Å². The molecule has 212 valence electrons. The van der Waals surface area contributed by atoms with Crippen molar-refractivity contribution < 1.29 is 13.9 Å². The van der Waals surface area contributed by atoms with E-state index in [0.717, 1.165) is 95.6 Å². The Morgan fingerprint density at radius 3 is 2.59 bits per heavy atom. The number of fused-ring (bicyclic) bond motifs is 1. The molecule has 0 saturated carbocycles. The first-order valence-electron chi connectivity index (χ1n) is 14.4. The van der Waals surface area contributed by atoms with Crippen molar-refractivity contribution in [3.63, 3.8) is 0 Å². The molecule has 1 aliphatic heterocycles. The number of hydrogen-bond donors (Lipinski definition) is 0. The lowest BCUT2D eigenvalue weighted by Crippen LogP contribution is -2.39. The van der Waals surface area contributed by atoms with Crippen LogP contribution in [0.15, 0.2) is 86.8 Å². The summed E-state index contributed by atoms with van der Waals surface area (Å²) in [5.41, 5.74) is 8.13. The predicted octanol–water partition coefficient (Wildman–Crippen LogP) is 7.36. The molecule has 0 atom stereocenters. The Labute approximate surface area is 242 Å². The van der Waals surface area contributed by atoms with Gasteiger partial charge in [0.25, 0.3) is 5.91 Å². The molecule has 41 heavy (non-hydrogen) atoms. The molecule has 1 aromatic heterocycles. The molecule has 0 saturated heterocycles. The average molecular weight is 551 g/mol. The largest absolute Gasteiger partial charge is 0.497 e. The molecule has 5 rings (SSSR count). The molecule has 0 unspecified atom stereocenters. The number of nitrogens with zero attached hydrogens (tertiary/aromatic N) is 4. The zero-order valence-corrected chi connectivity index (χ0v) is 24.2. The SMILES string of the molecule is COc1ccc(C=N/C2=C/CC/C=C(/N=C(C)CCN3CCc4c(cc(C)cc4-c4ncco4)C3=O)CCC2)cc1. The van der Waals surface area contributed by atoms with Crippen molar-refractivity contribution >= 4 is 17.8 Å². The number of carbonyl (C=O) groups is 1. The van der Waals surface area contributed by atoms with Gasteiger partial charge in [0, 0.05) is 54.0 Å². The summed E-state index contributed by atoms with van der Waals surface area (Å²) in [6.45, 7) is 5.43. The molecule has 2 heterocycles. The minimum atomic E-state index is 0.0750. The summed E-state index contributed by atoms with van der Waals surface area (Å²) in [5, 5.41) is 0. The lowest BCUT2D eigenvalue weighted by Gasteiger charge is -2.30. The Morgan fingerprint density at radius 1 is 1.07 bits per heavy atom. The first kappa shape index (κ1) is 28.3. The maximum absolute atomic E-state index is 13.4. The third-order valence-corrected chi connectivity index (χ3v) is 7.57. The van der Waals surface area contributed by atoms with Crippen LogP contribution in [0.25, 0.3) is 11.5 Å². The molecular weight excluding hydrogens is 512 g/mol. The summed E-state index contributed by atoms with van der Waals surface area (Å²) >= 11 is 0. The van der Waals surface area contributed by atoms with Crippen molar-refractivity contribution in [2.45, 2.75) is 58.8 Å². The number of methoxy groups -OCH3 is 1. The van der Waals surface area contributed by atoms with E-state index in [9.17, 15) is 4.79 Å². The Balaban J connectivity index is 1.15. The molecule has 0 spiro atoms. The van der Waals surface area contributed by atoms with Crippen molar-refractivity contribution in [1.29, 1.82) is 0 Å². The van der Waals surface area contributed by atoms with Gasteiger partial charge in [0.2, 0.25) is 5.89 Å². The van der Waals surface area contributed by atoms with Crippen molar-refractivity contribution in [3.05, 3.63) is 94.7 Å². The summed E-state index contributed by atoms with van der Waals surface area (Å²) in [4.78, 5) is 29.4. The van der Waals surface area contributed by atoms with E-state index in [-0.39, 0.29) is 5.91 Å². The van der Waals surface area contributed by atoms with Gasteiger partial charge in [-0.2, -0.15) is 0 Å². The summed E-state index contributed by atoms with van der Waals surface area (Å²) < 4.78 is 10.8. The number of rotatable bonds is 8. The number of carbonyl (C=O) groups excluding carboxylic acids is 1. The lowest BCUT2D eigenvalue weighted by atomic mass is 9.91. The van der Waals surface area contributed by atoms with Gasteiger partial charge in [-0.3, -0.25) is 14.8 Å². The van der Waals surface area contributed by atoms with E-state index in [0.29, 0.717) is 19.0 Å². The fraction of sp³-hybridized carbons (Fsp3) is 0.353. The predicted molar refractivity (Wildman–Crippen MR) is 164 cm³/mol. The van der Waals surface area contributed by atoms with Gasteiger partial charge in [-0.15, -0.1) is 0 Å². The van der Waals surface area contributed by atoms with Crippen molar-refractivity contribution in [1.82, 2.24) is 9.88 Å². The van der Waals surface area contributed by atoms with Gasteiger partial charge in [0.05, 0.1) is 13.3 Å². The minimum absolute atomic E-state index is 0.0750. The molecule has 0 radical (unpaired) electrons. The normalized spacial score (nSPS) is 19.0. The highest BCUT2D eigenvalue weighted by Gasteiger charge is 2.27. The Morgan fingerprint density at radius 2 is 1.83 bits per heavy atom. The second-order valence-corrected chi connectivity index (χ2v) is 10.7. The molecule has 2 aliphatic rings. The molecule has 0 fully saturated rings. The van der Waals surface area contributed by atoms with E-state index in [1.807, 2.05) is 48.4 Å². The first-order valence-corrected chi connectivity index (χ1v) is 14.4. The molecule has 0 bridgehead atoms. The van der Waals surface area contributed by atoms with Crippen LogP contribution < -0.4 is 4.74 Å². The number of allylic oxidation sites excluding steroid dienone is 4. The molecule has 7 nitrogen and oxygen atoms in total. The van der Waals surface area contributed by atoms with Gasteiger partial charge in [-0.25, -0.2) is 4.98 Å². The second kappa shape index (κ2) is 13.4. The third kappa shape index (κ3) is 7.28. The van der Waals surface area contributed by atoms with Crippen molar-refractivity contribution in [2.75, 3.05) is 20.2 Å². The number of benzene rings is 2. The highest BCUT2D eigenvalue weighted by atomic mass is 16.5.